The SMILES string of the molecule is CN(C)C.CN(C1CCCCC1)C1CCCCC1.CN1CCOCC1.CSc1nc2ccccc2s1. The first-order valence-corrected chi connectivity index (χ1v) is 15.9. The fourth-order valence-electron chi connectivity index (χ4n) is 4.87. The van der Waals surface area contributed by atoms with Gasteiger partial charge in [0.15, 0.2) is 4.34 Å². The third-order valence-electron chi connectivity index (χ3n) is 6.98. The van der Waals surface area contributed by atoms with E-state index in [1.54, 1.807) is 23.1 Å². The molecule has 1 aromatic carbocycles. The molecule has 5 nitrogen and oxygen atoms in total. The van der Waals surface area contributed by atoms with Gasteiger partial charge >= 0.3 is 0 Å². The van der Waals surface area contributed by atoms with E-state index in [0.717, 1.165) is 48.2 Å². The Labute approximate surface area is 230 Å². The zero-order valence-electron chi connectivity index (χ0n) is 23.9. The molecule has 0 unspecified atom stereocenters. The summed E-state index contributed by atoms with van der Waals surface area (Å²) in [6.45, 7) is 4.02. The minimum absolute atomic E-state index is 0.913. The van der Waals surface area contributed by atoms with Crippen molar-refractivity contribution in [3.63, 3.8) is 0 Å². The summed E-state index contributed by atoms with van der Waals surface area (Å²) in [6.07, 6.45) is 16.8. The Morgan fingerprint density at radius 1 is 0.861 bits per heavy atom. The summed E-state index contributed by atoms with van der Waals surface area (Å²) in [7, 11) is 10.5. The van der Waals surface area contributed by atoms with Gasteiger partial charge in [0.05, 0.1) is 23.4 Å². The lowest BCUT2D eigenvalue weighted by Crippen LogP contribution is -2.42. The van der Waals surface area contributed by atoms with Crippen LogP contribution < -0.4 is 0 Å². The van der Waals surface area contributed by atoms with Crippen LogP contribution in [0.2, 0.25) is 0 Å². The number of benzene rings is 1. The molecule has 1 saturated heterocycles. The van der Waals surface area contributed by atoms with E-state index in [1.807, 2.05) is 44.2 Å². The molecule has 0 bridgehead atoms. The number of hydrogen-bond donors (Lipinski definition) is 0. The summed E-state index contributed by atoms with van der Waals surface area (Å²) in [5.74, 6) is 0. The highest BCUT2D eigenvalue weighted by atomic mass is 32.2. The van der Waals surface area contributed by atoms with Gasteiger partial charge in [-0.1, -0.05) is 62.4 Å². The topological polar surface area (TPSA) is 31.8 Å². The van der Waals surface area contributed by atoms with E-state index in [-0.39, 0.29) is 0 Å². The van der Waals surface area contributed by atoms with Crippen molar-refractivity contribution in [1.29, 1.82) is 0 Å². The first kappa shape index (κ1) is 31.5. The molecule has 0 atom stereocenters. The number of aromatic nitrogens is 1. The number of hydrogen-bond acceptors (Lipinski definition) is 7. The molecule has 2 aromatic rings. The Kier molecular flexibility index (Phi) is 16.2. The molecule has 206 valence electrons. The largest absolute Gasteiger partial charge is 0.379 e. The fourth-order valence-corrected chi connectivity index (χ4v) is 6.36. The summed E-state index contributed by atoms with van der Waals surface area (Å²) >= 11 is 3.45. The standard InChI is InChI=1S/C13H25N.C8H7NS2.C5H11NO.C3H9N/c1-14(12-8-4-2-5-9-12)13-10-6-3-7-11-13;1-10-8-9-6-4-2-3-5-7(6)11-8;1-6-2-4-7-5-3-6;1-4(2)3/h12-13H,2-11H2,1H3;2-5H,1H3;2-5H2,1H3;1-3H3. The summed E-state index contributed by atoms with van der Waals surface area (Å²) < 4.78 is 7.52. The zero-order chi connectivity index (χ0) is 26.2. The lowest BCUT2D eigenvalue weighted by Gasteiger charge is -2.39. The van der Waals surface area contributed by atoms with Gasteiger partial charge in [-0.25, -0.2) is 4.98 Å². The number of fused-ring (bicyclic) bond motifs is 1. The van der Waals surface area contributed by atoms with Crippen LogP contribution >= 0.6 is 23.1 Å². The van der Waals surface area contributed by atoms with E-state index in [0.29, 0.717) is 0 Å². The maximum absolute atomic E-state index is 5.10. The third kappa shape index (κ3) is 12.7. The zero-order valence-corrected chi connectivity index (χ0v) is 25.5. The van der Waals surface area contributed by atoms with Crippen LogP contribution in [0.25, 0.3) is 10.2 Å². The number of rotatable bonds is 3. The maximum Gasteiger partial charge on any atom is 0.150 e. The van der Waals surface area contributed by atoms with Crippen LogP contribution in [-0.2, 0) is 4.74 Å². The van der Waals surface area contributed by atoms with Crippen LogP contribution in [0.3, 0.4) is 0 Å². The van der Waals surface area contributed by atoms with E-state index >= 15 is 0 Å². The molecule has 7 heteroatoms. The predicted molar refractivity (Wildman–Crippen MR) is 161 cm³/mol. The monoisotopic (exact) mass is 536 g/mol. The molecule has 0 amide bonds. The quantitative estimate of drug-likeness (QED) is 0.405. The maximum atomic E-state index is 5.10. The van der Waals surface area contributed by atoms with Crippen molar-refractivity contribution in [3.8, 4) is 0 Å². The molecular weight excluding hydrogens is 484 g/mol. The van der Waals surface area contributed by atoms with E-state index in [1.165, 1.54) is 68.9 Å². The van der Waals surface area contributed by atoms with Crippen LogP contribution in [0.15, 0.2) is 28.6 Å². The van der Waals surface area contributed by atoms with E-state index in [4.69, 9.17) is 4.74 Å². The number of para-hydroxylation sites is 1. The van der Waals surface area contributed by atoms with Gasteiger partial charge in [-0.15, -0.1) is 11.3 Å². The third-order valence-corrected chi connectivity index (χ3v) is 9.01. The molecule has 2 aliphatic carbocycles. The second-order valence-corrected chi connectivity index (χ2v) is 12.7. The number of likely N-dealkylation sites (N-methyl/N-ethyl adjacent to an activating group) is 1. The Morgan fingerprint density at radius 2 is 1.36 bits per heavy atom. The van der Waals surface area contributed by atoms with Crippen molar-refractivity contribution in [2.45, 2.75) is 80.6 Å². The highest BCUT2D eigenvalue weighted by Gasteiger charge is 2.25. The summed E-state index contributed by atoms with van der Waals surface area (Å²) in [4.78, 5) is 11.4. The molecule has 1 aliphatic heterocycles. The lowest BCUT2D eigenvalue weighted by atomic mass is 9.89. The van der Waals surface area contributed by atoms with Crippen LogP contribution in [-0.4, -0.2) is 99.6 Å². The highest BCUT2D eigenvalue weighted by Crippen LogP contribution is 2.29. The lowest BCUT2D eigenvalue weighted by molar-refractivity contribution is 0.0503. The number of thiazole rings is 1. The first-order valence-electron chi connectivity index (χ1n) is 13.9. The Balaban J connectivity index is 0.000000185. The smallest absolute Gasteiger partial charge is 0.150 e. The molecule has 2 heterocycles. The first-order chi connectivity index (χ1) is 17.4. The molecule has 36 heavy (non-hydrogen) atoms. The van der Waals surface area contributed by atoms with E-state index in [2.05, 4.69) is 41.2 Å². The molecule has 3 fully saturated rings. The number of ether oxygens (including phenoxy) is 1. The number of morpholine rings is 1. The van der Waals surface area contributed by atoms with Crippen molar-refractivity contribution >= 4 is 33.3 Å². The summed E-state index contributed by atoms with van der Waals surface area (Å²) in [5.41, 5.74) is 1.11. The van der Waals surface area contributed by atoms with Gasteiger partial charge in [0, 0.05) is 25.2 Å². The van der Waals surface area contributed by atoms with Crippen LogP contribution in [0.1, 0.15) is 64.2 Å². The van der Waals surface area contributed by atoms with E-state index < -0.39 is 0 Å². The Hall–Kier alpha value is -0.700. The molecular formula is C29H52N4OS2. The minimum Gasteiger partial charge on any atom is -0.379 e. The summed E-state index contributed by atoms with van der Waals surface area (Å²) in [6, 6.07) is 10.1. The molecule has 0 radical (unpaired) electrons. The van der Waals surface area contributed by atoms with Gasteiger partial charge in [0.2, 0.25) is 0 Å². The summed E-state index contributed by atoms with van der Waals surface area (Å²) in [5, 5.41) is 0. The van der Waals surface area contributed by atoms with Gasteiger partial charge in [0.25, 0.3) is 0 Å². The second-order valence-electron chi connectivity index (χ2n) is 10.7. The normalized spacial score (nSPS) is 19.7. The number of thioether (sulfide) groups is 1. The van der Waals surface area contributed by atoms with Gasteiger partial charge in [-0.05, 0) is 79.3 Å². The average Bonchev–Trinajstić information content (AvgIpc) is 3.34. The minimum atomic E-state index is 0.913. The average molecular weight is 537 g/mol. The Morgan fingerprint density at radius 3 is 1.78 bits per heavy atom. The van der Waals surface area contributed by atoms with Crippen LogP contribution in [0.5, 0.6) is 0 Å². The van der Waals surface area contributed by atoms with Gasteiger partial charge in [-0.2, -0.15) is 0 Å². The van der Waals surface area contributed by atoms with Crippen LogP contribution in [0.4, 0.5) is 0 Å². The van der Waals surface area contributed by atoms with Gasteiger partial charge in [-0.3, -0.25) is 0 Å². The highest BCUT2D eigenvalue weighted by molar-refractivity contribution is 8.00. The molecule has 2 saturated carbocycles. The van der Waals surface area contributed by atoms with Crippen molar-refractivity contribution in [2.24, 2.45) is 0 Å². The van der Waals surface area contributed by atoms with Gasteiger partial charge < -0.3 is 19.4 Å². The molecule has 1 aromatic heterocycles. The molecule has 0 N–H and O–H groups in total. The number of nitrogens with zero attached hydrogens (tertiary/aromatic N) is 4. The predicted octanol–water partition coefficient (Wildman–Crippen LogP) is 6.73. The fraction of sp³-hybridized carbons (Fsp3) is 0.759. The Bertz CT molecular complexity index is 744. The van der Waals surface area contributed by atoms with Crippen molar-refractivity contribution in [3.05, 3.63) is 24.3 Å². The second kappa shape index (κ2) is 18.5. The van der Waals surface area contributed by atoms with E-state index in [9.17, 15) is 0 Å². The van der Waals surface area contributed by atoms with Crippen molar-refractivity contribution in [2.75, 3.05) is 67.8 Å². The van der Waals surface area contributed by atoms with Gasteiger partial charge in [0.1, 0.15) is 0 Å². The van der Waals surface area contributed by atoms with Crippen LogP contribution in [0, 0.1) is 0 Å². The van der Waals surface area contributed by atoms with Crippen molar-refractivity contribution < 1.29 is 4.74 Å². The molecule has 3 aliphatic rings. The molecule has 0 spiro atoms. The van der Waals surface area contributed by atoms with Crippen molar-refractivity contribution in [1.82, 2.24) is 19.7 Å². The molecule has 5 rings (SSSR count).